The van der Waals surface area contributed by atoms with E-state index in [-0.39, 0.29) is 16.5 Å². The van der Waals surface area contributed by atoms with Crippen LogP contribution in [-0.4, -0.2) is 23.8 Å². The molecule has 0 fully saturated rings. The lowest BCUT2D eigenvalue weighted by Crippen LogP contribution is -2.15. The number of hydrogen-bond donors (Lipinski definition) is 1. The summed E-state index contributed by atoms with van der Waals surface area (Å²) in [5.41, 5.74) is -0.990. The van der Waals surface area contributed by atoms with Gasteiger partial charge in [-0.1, -0.05) is 11.8 Å². The number of rotatable bonds is 5. The summed E-state index contributed by atoms with van der Waals surface area (Å²) < 4.78 is 44.2. The van der Waals surface area contributed by atoms with Crippen molar-refractivity contribution in [2.45, 2.75) is 18.1 Å². The van der Waals surface area contributed by atoms with Gasteiger partial charge in [-0.25, -0.2) is 4.98 Å². The molecule has 1 aromatic carbocycles. The summed E-state index contributed by atoms with van der Waals surface area (Å²) in [6, 6.07) is 8.94. The number of pyridine rings is 1. The predicted octanol–water partition coefficient (Wildman–Crippen LogP) is 4.02. The summed E-state index contributed by atoms with van der Waals surface area (Å²) in [7, 11) is 1.51. The zero-order valence-electron chi connectivity index (χ0n) is 13.8. The quantitative estimate of drug-likeness (QED) is 0.792. The van der Waals surface area contributed by atoms with Crippen LogP contribution in [0.3, 0.4) is 0 Å². The lowest BCUT2D eigenvalue weighted by atomic mass is 10.1. The van der Waals surface area contributed by atoms with E-state index in [1.165, 1.54) is 20.1 Å². The van der Waals surface area contributed by atoms with Gasteiger partial charge in [-0.15, -0.1) is 0 Å². The van der Waals surface area contributed by atoms with Crippen LogP contribution in [-0.2, 0) is 11.0 Å². The topological polar surface area (TPSA) is 75.0 Å². The molecule has 0 atom stereocenters. The third kappa shape index (κ3) is 4.89. The number of aryl methyl sites for hydroxylation is 1. The van der Waals surface area contributed by atoms with E-state index in [1.54, 1.807) is 24.3 Å². The first-order chi connectivity index (χ1) is 12.2. The van der Waals surface area contributed by atoms with Crippen molar-refractivity contribution in [3.8, 4) is 11.8 Å². The lowest BCUT2D eigenvalue weighted by molar-refractivity contribution is -0.138. The van der Waals surface area contributed by atoms with Gasteiger partial charge in [0, 0.05) is 11.4 Å². The van der Waals surface area contributed by atoms with Crippen LogP contribution in [0.5, 0.6) is 5.75 Å². The normalized spacial score (nSPS) is 10.9. The summed E-state index contributed by atoms with van der Waals surface area (Å²) in [6.45, 7) is 1.40. The van der Waals surface area contributed by atoms with E-state index < -0.39 is 23.2 Å². The Bertz CT molecular complexity index is 846. The van der Waals surface area contributed by atoms with Gasteiger partial charge in [0.1, 0.15) is 16.8 Å². The van der Waals surface area contributed by atoms with Crippen LogP contribution in [0.4, 0.5) is 18.9 Å². The van der Waals surface area contributed by atoms with Crippen molar-refractivity contribution in [1.82, 2.24) is 4.98 Å². The second kappa shape index (κ2) is 8.10. The molecule has 136 valence electrons. The van der Waals surface area contributed by atoms with Gasteiger partial charge in [0.05, 0.1) is 24.0 Å². The van der Waals surface area contributed by atoms with Crippen LogP contribution in [0.2, 0.25) is 0 Å². The number of nitriles is 1. The van der Waals surface area contributed by atoms with Crippen LogP contribution in [0.15, 0.2) is 35.4 Å². The highest BCUT2D eigenvalue weighted by atomic mass is 32.2. The van der Waals surface area contributed by atoms with Crippen LogP contribution in [0.25, 0.3) is 0 Å². The van der Waals surface area contributed by atoms with Crippen molar-refractivity contribution in [2.75, 3.05) is 18.2 Å². The molecule has 0 radical (unpaired) electrons. The summed E-state index contributed by atoms with van der Waals surface area (Å²) in [6.07, 6.45) is -4.67. The monoisotopic (exact) mass is 381 g/mol. The number of nitrogens with zero attached hydrogens (tertiary/aromatic N) is 2. The fraction of sp³-hybridized carbons (Fsp3) is 0.235. The zero-order chi connectivity index (χ0) is 19.3. The molecule has 5 nitrogen and oxygen atoms in total. The van der Waals surface area contributed by atoms with Crippen LogP contribution in [0.1, 0.15) is 16.8 Å². The molecule has 0 spiro atoms. The molecule has 0 aliphatic carbocycles. The van der Waals surface area contributed by atoms with Crippen molar-refractivity contribution in [1.29, 1.82) is 5.26 Å². The second-order valence-electron chi connectivity index (χ2n) is 5.17. The van der Waals surface area contributed by atoms with Crippen LogP contribution in [0, 0.1) is 18.3 Å². The SMILES string of the molecule is COc1ccc(NC(=O)CSc2nc(C)cc(C(F)(F)F)c2C#N)cc1. The number of thioether (sulfide) groups is 1. The van der Waals surface area contributed by atoms with Gasteiger partial charge in [-0.05, 0) is 37.3 Å². The average molecular weight is 381 g/mol. The molecule has 1 amide bonds. The van der Waals surface area contributed by atoms with Gasteiger partial charge in [0.2, 0.25) is 5.91 Å². The van der Waals surface area contributed by atoms with Gasteiger partial charge in [-0.2, -0.15) is 18.4 Å². The minimum absolute atomic E-state index is 0.120. The first-order valence-corrected chi connectivity index (χ1v) is 8.28. The Balaban J connectivity index is 2.12. The summed E-state index contributed by atoms with van der Waals surface area (Å²) >= 11 is 0.781. The third-order valence-electron chi connectivity index (χ3n) is 3.25. The standard InChI is InChI=1S/C17H14F3N3O2S/c1-10-7-14(17(18,19)20)13(8-21)16(22-10)26-9-15(24)23-11-3-5-12(25-2)6-4-11/h3-7H,9H2,1-2H3,(H,23,24). The maximum Gasteiger partial charge on any atom is 0.417 e. The minimum Gasteiger partial charge on any atom is -0.497 e. The largest absolute Gasteiger partial charge is 0.497 e. The number of methoxy groups -OCH3 is 1. The average Bonchev–Trinajstić information content (AvgIpc) is 2.59. The second-order valence-corrected chi connectivity index (χ2v) is 6.13. The van der Waals surface area contributed by atoms with E-state index in [0.717, 1.165) is 17.8 Å². The number of ether oxygens (including phenoxy) is 1. The number of carbonyl (C=O) groups excluding carboxylic acids is 1. The molecular formula is C17H14F3N3O2S. The van der Waals surface area contributed by atoms with E-state index in [4.69, 9.17) is 10.00 Å². The van der Waals surface area contributed by atoms with Crippen molar-refractivity contribution >= 4 is 23.4 Å². The highest BCUT2D eigenvalue weighted by Crippen LogP contribution is 2.35. The highest BCUT2D eigenvalue weighted by Gasteiger charge is 2.35. The van der Waals surface area contributed by atoms with Crippen LogP contribution >= 0.6 is 11.8 Å². The van der Waals surface area contributed by atoms with E-state index in [2.05, 4.69) is 10.3 Å². The van der Waals surface area contributed by atoms with E-state index in [1.807, 2.05) is 0 Å². The predicted molar refractivity (Wildman–Crippen MR) is 91.0 cm³/mol. The third-order valence-corrected chi connectivity index (χ3v) is 4.22. The number of carbonyl (C=O) groups is 1. The van der Waals surface area contributed by atoms with Gasteiger partial charge in [-0.3, -0.25) is 4.79 Å². The Morgan fingerprint density at radius 3 is 2.54 bits per heavy atom. The number of anilines is 1. The molecule has 2 aromatic rings. The van der Waals surface area contributed by atoms with E-state index >= 15 is 0 Å². The van der Waals surface area contributed by atoms with Crippen molar-refractivity contribution in [3.05, 3.63) is 47.2 Å². The van der Waals surface area contributed by atoms with E-state index in [0.29, 0.717) is 11.4 Å². The molecule has 1 heterocycles. The number of halogens is 3. The molecule has 0 aliphatic rings. The van der Waals surface area contributed by atoms with Crippen molar-refractivity contribution < 1.29 is 22.7 Å². The molecule has 2 rings (SSSR count). The van der Waals surface area contributed by atoms with E-state index in [9.17, 15) is 18.0 Å². The first kappa shape index (κ1) is 19.6. The van der Waals surface area contributed by atoms with Gasteiger partial charge in [0.25, 0.3) is 0 Å². The Morgan fingerprint density at radius 1 is 1.35 bits per heavy atom. The molecule has 0 aliphatic heterocycles. The fourth-order valence-electron chi connectivity index (χ4n) is 2.09. The van der Waals surface area contributed by atoms with Crippen molar-refractivity contribution in [3.63, 3.8) is 0 Å². The Labute approximate surface area is 152 Å². The highest BCUT2D eigenvalue weighted by molar-refractivity contribution is 8.00. The van der Waals surface area contributed by atoms with Crippen molar-refractivity contribution in [2.24, 2.45) is 0 Å². The Kier molecular flexibility index (Phi) is 6.10. The summed E-state index contributed by atoms with van der Waals surface area (Å²) in [5, 5.41) is 11.6. The fourth-order valence-corrected chi connectivity index (χ4v) is 2.93. The minimum atomic E-state index is -4.67. The Hall–Kier alpha value is -2.73. The molecule has 26 heavy (non-hydrogen) atoms. The lowest BCUT2D eigenvalue weighted by Gasteiger charge is -2.12. The molecular weight excluding hydrogens is 367 g/mol. The van der Waals surface area contributed by atoms with Gasteiger partial charge < -0.3 is 10.1 Å². The molecule has 0 unspecified atom stereocenters. The zero-order valence-corrected chi connectivity index (χ0v) is 14.7. The Morgan fingerprint density at radius 2 is 2.00 bits per heavy atom. The summed E-state index contributed by atoms with van der Waals surface area (Å²) in [5.74, 6) is 0.00895. The molecule has 9 heteroatoms. The smallest absolute Gasteiger partial charge is 0.417 e. The number of hydrogen-bond acceptors (Lipinski definition) is 5. The first-order valence-electron chi connectivity index (χ1n) is 7.30. The number of aromatic nitrogens is 1. The maximum atomic E-state index is 13.1. The number of benzene rings is 1. The molecule has 1 aromatic heterocycles. The van der Waals surface area contributed by atoms with Gasteiger partial charge >= 0.3 is 6.18 Å². The molecule has 0 saturated carbocycles. The number of amides is 1. The number of alkyl halides is 3. The molecule has 0 saturated heterocycles. The summed E-state index contributed by atoms with van der Waals surface area (Å²) in [4.78, 5) is 16.0. The van der Waals surface area contributed by atoms with Crippen LogP contribution < -0.4 is 10.1 Å². The molecule has 0 bridgehead atoms. The van der Waals surface area contributed by atoms with Gasteiger partial charge in [0.15, 0.2) is 0 Å². The maximum absolute atomic E-state index is 13.1. The molecule has 1 N–H and O–H groups in total. The number of nitrogens with one attached hydrogen (secondary N) is 1.